The molecular weight excluding hydrogens is 251 g/mol. The first-order valence-electron chi connectivity index (χ1n) is 6.85. The number of fused-ring (bicyclic) bond motifs is 4. The van der Waals surface area contributed by atoms with Gasteiger partial charge in [0, 0.05) is 23.3 Å². The van der Waals surface area contributed by atoms with Crippen molar-refractivity contribution in [2.75, 3.05) is 5.32 Å². The van der Waals surface area contributed by atoms with E-state index in [-0.39, 0.29) is 11.9 Å². The molecule has 0 saturated heterocycles. The van der Waals surface area contributed by atoms with E-state index in [0.29, 0.717) is 0 Å². The molecule has 1 aromatic heterocycles. The summed E-state index contributed by atoms with van der Waals surface area (Å²) in [6, 6.07) is 15.7. The number of hydrogen-bond donors (Lipinski definition) is 1. The van der Waals surface area contributed by atoms with Gasteiger partial charge in [0.1, 0.15) is 5.82 Å². The van der Waals surface area contributed by atoms with Crippen LogP contribution in [0.4, 0.5) is 10.1 Å². The predicted octanol–water partition coefficient (Wildman–Crippen LogP) is 4.32. The third kappa shape index (κ3) is 1.63. The second-order valence-electron chi connectivity index (χ2n) is 5.38. The second-order valence-corrected chi connectivity index (χ2v) is 5.38. The number of rotatable bonds is 0. The Balaban J connectivity index is 1.99. The molecule has 0 radical (unpaired) electrons. The minimum Gasteiger partial charge on any atom is -0.377 e. The van der Waals surface area contributed by atoms with Crippen LogP contribution in [-0.2, 0) is 6.54 Å². The number of para-hydroxylation sites is 1. The lowest BCUT2D eigenvalue weighted by Crippen LogP contribution is -2.08. The van der Waals surface area contributed by atoms with Crippen molar-refractivity contribution in [3.63, 3.8) is 0 Å². The van der Waals surface area contributed by atoms with Crippen LogP contribution in [0.3, 0.4) is 0 Å². The van der Waals surface area contributed by atoms with Crippen molar-refractivity contribution < 1.29 is 4.39 Å². The van der Waals surface area contributed by atoms with Crippen LogP contribution in [-0.4, -0.2) is 4.57 Å². The maximum Gasteiger partial charge on any atom is 0.125 e. The molecule has 1 N–H and O–H groups in total. The Kier molecular flexibility index (Phi) is 2.36. The van der Waals surface area contributed by atoms with Gasteiger partial charge in [-0.05, 0) is 42.8 Å². The molecule has 1 atom stereocenters. The highest BCUT2D eigenvalue weighted by Gasteiger charge is 2.20. The molecule has 3 heteroatoms. The topological polar surface area (TPSA) is 17.0 Å². The van der Waals surface area contributed by atoms with Gasteiger partial charge in [0.2, 0.25) is 0 Å². The number of anilines is 1. The quantitative estimate of drug-likeness (QED) is 0.641. The van der Waals surface area contributed by atoms with Crippen molar-refractivity contribution in [3.8, 4) is 0 Å². The molecule has 4 rings (SSSR count). The van der Waals surface area contributed by atoms with E-state index in [9.17, 15) is 4.39 Å². The summed E-state index contributed by atoms with van der Waals surface area (Å²) >= 11 is 0. The van der Waals surface area contributed by atoms with E-state index in [1.807, 2.05) is 18.2 Å². The first-order valence-corrected chi connectivity index (χ1v) is 6.85. The molecule has 2 aromatic carbocycles. The fraction of sp³-hybridized carbons (Fsp3) is 0.176. The van der Waals surface area contributed by atoms with Crippen molar-refractivity contribution in [2.45, 2.75) is 19.5 Å². The van der Waals surface area contributed by atoms with Crippen molar-refractivity contribution in [3.05, 3.63) is 65.6 Å². The van der Waals surface area contributed by atoms with Crippen LogP contribution in [0.15, 0.2) is 48.5 Å². The standard InChI is InChI=1S/C17H15FN2/c1-11-16-8-12-6-7-14(18)9-17(12)20(16)10-13-4-2-3-5-15(13)19-11/h2-9,11,19H,10H2,1H3. The molecule has 0 spiro atoms. The van der Waals surface area contributed by atoms with Crippen LogP contribution < -0.4 is 5.32 Å². The highest BCUT2D eigenvalue weighted by atomic mass is 19.1. The summed E-state index contributed by atoms with van der Waals surface area (Å²) in [4.78, 5) is 0. The molecule has 0 aliphatic carbocycles. The van der Waals surface area contributed by atoms with Crippen LogP contribution in [0.1, 0.15) is 24.2 Å². The summed E-state index contributed by atoms with van der Waals surface area (Å²) < 4.78 is 15.8. The normalized spacial score (nSPS) is 17.2. The van der Waals surface area contributed by atoms with Crippen LogP contribution in [0.25, 0.3) is 10.9 Å². The minimum atomic E-state index is -0.184. The first-order chi connectivity index (χ1) is 9.72. The Labute approximate surface area is 116 Å². The predicted molar refractivity (Wildman–Crippen MR) is 79.5 cm³/mol. The number of nitrogens with zero attached hydrogens (tertiary/aromatic N) is 1. The highest BCUT2D eigenvalue weighted by molar-refractivity contribution is 5.82. The summed E-state index contributed by atoms with van der Waals surface area (Å²) in [5.41, 5.74) is 4.56. The molecule has 100 valence electrons. The van der Waals surface area contributed by atoms with Crippen molar-refractivity contribution in [1.29, 1.82) is 0 Å². The zero-order chi connectivity index (χ0) is 13.7. The van der Waals surface area contributed by atoms with Crippen LogP contribution in [0.2, 0.25) is 0 Å². The van der Waals surface area contributed by atoms with Crippen LogP contribution in [0.5, 0.6) is 0 Å². The second kappa shape index (κ2) is 4.10. The van der Waals surface area contributed by atoms with E-state index >= 15 is 0 Å². The number of nitrogens with one attached hydrogen (secondary N) is 1. The van der Waals surface area contributed by atoms with Gasteiger partial charge >= 0.3 is 0 Å². The lowest BCUT2D eigenvalue weighted by molar-refractivity contribution is 0.628. The molecule has 3 aromatic rings. The SMILES string of the molecule is CC1Nc2ccccc2Cn2c1cc1ccc(F)cc12. The van der Waals surface area contributed by atoms with E-state index in [2.05, 4.69) is 35.0 Å². The molecule has 1 aliphatic rings. The van der Waals surface area contributed by atoms with Crippen molar-refractivity contribution in [1.82, 2.24) is 4.57 Å². The number of hydrogen-bond acceptors (Lipinski definition) is 1. The molecule has 1 unspecified atom stereocenters. The van der Waals surface area contributed by atoms with Crippen LogP contribution in [0, 0.1) is 5.82 Å². The van der Waals surface area contributed by atoms with Gasteiger partial charge in [-0.2, -0.15) is 0 Å². The maximum atomic E-state index is 13.5. The van der Waals surface area contributed by atoms with Gasteiger partial charge in [0.05, 0.1) is 11.6 Å². The van der Waals surface area contributed by atoms with Gasteiger partial charge < -0.3 is 9.88 Å². The Morgan fingerprint density at radius 3 is 2.90 bits per heavy atom. The summed E-state index contributed by atoms with van der Waals surface area (Å²) in [5.74, 6) is -0.184. The van der Waals surface area contributed by atoms with Gasteiger partial charge in [-0.15, -0.1) is 0 Å². The zero-order valence-corrected chi connectivity index (χ0v) is 11.2. The average molecular weight is 266 g/mol. The molecule has 2 heterocycles. The third-order valence-electron chi connectivity index (χ3n) is 4.06. The minimum absolute atomic E-state index is 0.184. The molecule has 0 amide bonds. The Morgan fingerprint density at radius 2 is 2.00 bits per heavy atom. The average Bonchev–Trinajstić information content (AvgIpc) is 2.72. The smallest absolute Gasteiger partial charge is 0.125 e. The van der Waals surface area contributed by atoms with E-state index in [1.165, 1.54) is 17.3 Å². The third-order valence-corrected chi connectivity index (χ3v) is 4.06. The monoisotopic (exact) mass is 266 g/mol. The van der Waals surface area contributed by atoms with Gasteiger partial charge in [-0.3, -0.25) is 0 Å². The number of benzene rings is 2. The highest BCUT2D eigenvalue weighted by Crippen LogP contribution is 2.33. The fourth-order valence-corrected chi connectivity index (χ4v) is 3.06. The van der Waals surface area contributed by atoms with Gasteiger partial charge in [-0.1, -0.05) is 18.2 Å². The lowest BCUT2D eigenvalue weighted by atomic mass is 10.1. The van der Waals surface area contributed by atoms with Gasteiger partial charge in [-0.25, -0.2) is 4.39 Å². The molecular formula is C17H15FN2. The maximum absolute atomic E-state index is 13.5. The molecule has 1 aliphatic heterocycles. The van der Waals surface area contributed by atoms with E-state index in [1.54, 1.807) is 6.07 Å². The van der Waals surface area contributed by atoms with Gasteiger partial charge in [0.15, 0.2) is 0 Å². The van der Waals surface area contributed by atoms with E-state index < -0.39 is 0 Å². The van der Waals surface area contributed by atoms with Crippen LogP contribution >= 0.6 is 0 Å². The largest absolute Gasteiger partial charge is 0.377 e. The van der Waals surface area contributed by atoms with E-state index in [4.69, 9.17) is 0 Å². The number of halogens is 1. The Hall–Kier alpha value is -2.29. The molecule has 0 bridgehead atoms. The van der Waals surface area contributed by atoms with Gasteiger partial charge in [0.25, 0.3) is 0 Å². The molecule has 2 nitrogen and oxygen atoms in total. The summed E-state index contributed by atoms with van der Waals surface area (Å²) in [6.45, 7) is 2.92. The summed E-state index contributed by atoms with van der Waals surface area (Å²) in [5, 5.41) is 4.63. The Morgan fingerprint density at radius 1 is 1.15 bits per heavy atom. The first kappa shape index (κ1) is 11.5. The lowest BCUT2D eigenvalue weighted by Gasteiger charge is -2.13. The Bertz CT molecular complexity index is 804. The fourth-order valence-electron chi connectivity index (χ4n) is 3.06. The van der Waals surface area contributed by atoms with Crippen molar-refractivity contribution >= 4 is 16.6 Å². The van der Waals surface area contributed by atoms with E-state index in [0.717, 1.165) is 23.1 Å². The molecule has 0 saturated carbocycles. The summed E-state index contributed by atoms with van der Waals surface area (Å²) in [6.07, 6.45) is 0. The molecule has 0 fully saturated rings. The summed E-state index contributed by atoms with van der Waals surface area (Å²) in [7, 11) is 0. The molecule has 20 heavy (non-hydrogen) atoms. The van der Waals surface area contributed by atoms with Crippen molar-refractivity contribution in [2.24, 2.45) is 0 Å². The zero-order valence-electron chi connectivity index (χ0n) is 11.2. The number of aromatic nitrogens is 1.